The lowest BCUT2D eigenvalue weighted by atomic mass is 10.3. The fourth-order valence-corrected chi connectivity index (χ4v) is 1.66. The Kier molecular flexibility index (Phi) is 4.70. The number of hydrogen-bond acceptors (Lipinski definition) is 5. The summed E-state index contributed by atoms with van der Waals surface area (Å²) in [6, 6.07) is 7.56. The Labute approximate surface area is 117 Å². The fraction of sp³-hybridized carbons (Fsp3) is 0.357. The third-order valence-electron chi connectivity index (χ3n) is 2.77. The van der Waals surface area contributed by atoms with Gasteiger partial charge in [-0.25, -0.2) is 9.89 Å². The van der Waals surface area contributed by atoms with Crippen molar-refractivity contribution in [3.05, 3.63) is 40.4 Å². The maximum Gasteiger partial charge on any atom is 0.363 e. The predicted octanol–water partition coefficient (Wildman–Crippen LogP) is 2.40. The molecule has 2 rings (SSSR count). The van der Waals surface area contributed by atoms with Crippen LogP contribution in [-0.2, 0) is 0 Å². The zero-order chi connectivity index (χ0) is 14.4. The summed E-state index contributed by atoms with van der Waals surface area (Å²) in [7, 11) is 0. The molecule has 1 aromatic carbocycles. The first-order valence-corrected chi connectivity index (χ1v) is 6.63. The van der Waals surface area contributed by atoms with E-state index in [1.54, 1.807) is 6.92 Å². The van der Waals surface area contributed by atoms with E-state index >= 15 is 0 Å². The molecule has 106 valence electrons. The molecule has 20 heavy (non-hydrogen) atoms. The molecule has 0 aliphatic rings. The van der Waals surface area contributed by atoms with Crippen molar-refractivity contribution < 1.29 is 4.74 Å². The highest BCUT2D eigenvalue weighted by Crippen LogP contribution is 2.27. The molecular weight excluding hydrogens is 256 g/mol. The molecule has 6 heteroatoms. The van der Waals surface area contributed by atoms with Crippen molar-refractivity contribution in [3.8, 4) is 5.75 Å². The Morgan fingerprint density at radius 1 is 1.35 bits per heavy atom. The molecule has 0 spiro atoms. The van der Waals surface area contributed by atoms with Gasteiger partial charge >= 0.3 is 5.69 Å². The van der Waals surface area contributed by atoms with Gasteiger partial charge in [-0.1, -0.05) is 25.5 Å². The maximum atomic E-state index is 11.2. The first-order chi connectivity index (χ1) is 9.70. The molecular formula is C14H18N4O2. The van der Waals surface area contributed by atoms with E-state index < -0.39 is 5.69 Å². The highest BCUT2D eigenvalue weighted by molar-refractivity contribution is 5.64. The molecule has 1 aromatic heterocycles. The van der Waals surface area contributed by atoms with Gasteiger partial charge in [-0.15, -0.1) is 0 Å². The third-order valence-corrected chi connectivity index (χ3v) is 2.77. The van der Waals surface area contributed by atoms with Gasteiger partial charge in [0, 0.05) is 0 Å². The largest absolute Gasteiger partial charge is 0.491 e. The van der Waals surface area contributed by atoms with Gasteiger partial charge in [0.05, 0.1) is 12.3 Å². The smallest absolute Gasteiger partial charge is 0.363 e. The molecule has 0 aliphatic heterocycles. The van der Waals surface area contributed by atoms with E-state index in [0.717, 1.165) is 24.3 Å². The average molecular weight is 274 g/mol. The van der Waals surface area contributed by atoms with E-state index in [0.29, 0.717) is 18.1 Å². The van der Waals surface area contributed by atoms with E-state index in [-0.39, 0.29) is 0 Å². The summed E-state index contributed by atoms with van der Waals surface area (Å²) < 4.78 is 5.72. The Bertz CT molecular complexity index is 625. The first kappa shape index (κ1) is 14.0. The van der Waals surface area contributed by atoms with Crippen molar-refractivity contribution in [2.24, 2.45) is 0 Å². The van der Waals surface area contributed by atoms with Gasteiger partial charge in [0.15, 0.2) is 5.82 Å². The van der Waals surface area contributed by atoms with Crippen molar-refractivity contribution in [1.29, 1.82) is 0 Å². The van der Waals surface area contributed by atoms with Gasteiger partial charge in [-0.3, -0.25) is 0 Å². The maximum absolute atomic E-state index is 11.2. The van der Waals surface area contributed by atoms with Gasteiger partial charge in [0.2, 0.25) is 0 Å². The molecule has 0 bridgehead atoms. The molecule has 6 nitrogen and oxygen atoms in total. The topological polar surface area (TPSA) is 79.9 Å². The Morgan fingerprint density at radius 2 is 2.15 bits per heavy atom. The number of rotatable bonds is 6. The lowest BCUT2D eigenvalue weighted by Gasteiger charge is -2.12. The lowest BCUT2D eigenvalue weighted by molar-refractivity contribution is 0.311. The molecule has 0 amide bonds. The number of ether oxygens (including phenoxy) is 1. The van der Waals surface area contributed by atoms with Crippen LogP contribution in [-0.4, -0.2) is 21.8 Å². The molecule has 0 saturated carbocycles. The highest BCUT2D eigenvalue weighted by Gasteiger charge is 2.07. The molecule has 0 aliphatic carbocycles. The molecule has 0 radical (unpaired) electrons. The molecule has 0 fully saturated rings. The van der Waals surface area contributed by atoms with Crippen LogP contribution in [0.2, 0.25) is 0 Å². The molecule has 0 unspecified atom stereocenters. The lowest BCUT2D eigenvalue weighted by Crippen LogP contribution is -2.15. The van der Waals surface area contributed by atoms with E-state index in [1.165, 1.54) is 0 Å². The zero-order valence-corrected chi connectivity index (χ0v) is 11.6. The van der Waals surface area contributed by atoms with Gasteiger partial charge in [0.25, 0.3) is 0 Å². The number of H-pyrrole nitrogens is 1. The summed E-state index contributed by atoms with van der Waals surface area (Å²) in [6.07, 6.45) is 2.08. The number of hydrogen-bond donors (Lipinski definition) is 2. The minimum atomic E-state index is -0.484. The van der Waals surface area contributed by atoms with Crippen molar-refractivity contribution >= 4 is 11.5 Å². The second-order valence-electron chi connectivity index (χ2n) is 4.40. The number of para-hydroxylation sites is 2. The van der Waals surface area contributed by atoms with E-state index in [2.05, 4.69) is 27.4 Å². The van der Waals surface area contributed by atoms with Crippen molar-refractivity contribution in [2.75, 3.05) is 11.9 Å². The van der Waals surface area contributed by atoms with Crippen LogP contribution >= 0.6 is 0 Å². The SMILES string of the molecule is CCCCOc1ccccc1Nc1nc(=O)[nH]nc1C. The Hall–Kier alpha value is -2.37. The standard InChI is InChI=1S/C14H18N4O2/c1-3-4-9-20-12-8-6-5-7-11(12)15-13-10(2)17-18-14(19)16-13/h5-8H,3-4,9H2,1-2H3,(H2,15,16,18,19). The summed E-state index contributed by atoms with van der Waals surface area (Å²) >= 11 is 0. The number of aromatic nitrogens is 3. The molecule has 2 aromatic rings. The number of anilines is 2. The number of aromatic amines is 1. The van der Waals surface area contributed by atoms with Crippen molar-refractivity contribution in [3.63, 3.8) is 0 Å². The number of unbranched alkanes of at least 4 members (excludes halogenated alkanes) is 1. The summed E-state index contributed by atoms with van der Waals surface area (Å²) in [4.78, 5) is 15.1. The summed E-state index contributed by atoms with van der Waals surface area (Å²) in [5.74, 6) is 1.17. The highest BCUT2D eigenvalue weighted by atomic mass is 16.5. The normalized spacial score (nSPS) is 10.3. The number of benzene rings is 1. The van der Waals surface area contributed by atoms with Gasteiger partial charge in [-0.05, 0) is 25.5 Å². The van der Waals surface area contributed by atoms with Crippen LogP contribution in [0.1, 0.15) is 25.5 Å². The van der Waals surface area contributed by atoms with Crippen molar-refractivity contribution in [1.82, 2.24) is 15.2 Å². The van der Waals surface area contributed by atoms with E-state index in [9.17, 15) is 4.79 Å². The second-order valence-corrected chi connectivity index (χ2v) is 4.40. The molecule has 2 N–H and O–H groups in total. The van der Waals surface area contributed by atoms with Crippen LogP contribution in [0.15, 0.2) is 29.1 Å². The number of aryl methyl sites for hydroxylation is 1. The molecule has 0 atom stereocenters. The molecule has 0 saturated heterocycles. The van der Waals surface area contributed by atoms with Crippen molar-refractivity contribution in [2.45, 2.75) is 26.7 Å². The van der Waals surface area contributed by atoms with Gasteiger partial charge in [0.1, 0.15) is 11.4 Å². The zero-order valence-electron chi connectivity index (χ0n) is 11.6. The average Bonchev–Trinajstić information content (AvgIpc) is 2.45. The van der Waals surface area contributed by atoms with Crippen LogP contribution in [0.4, 0.5) is 11.5 Å². The van der Waals surface area contributed by atoms with Crippen LogP contribution in [0.5, 0.6) is 5.75 Å². The van der Waals surface area contributed by atoms with E-state index in [4.69, 9.17) is 4.74 Å². The minimum Gasteiger partial charge on any atom is -0.491 e. The van der Waals surface area contributed by atoms with Crippen LogP contribution in [0.3, 0.4) is 0 Å². The Morgan fingerprint density at radius 3 is 2.95 bits per heavy atom. The fourth-order valence-electron chi connectivity index (χ4n) is 1.66. The van der Waals surface area contributed by atoms with Gasteiger partial charge in [-0.2, -0.15) is 10.1 Å². The quantitative estimate of drug-likeness (QED) is 0.791. The van der Waals surface area contributed by atoms with Gasteiger partial charge < -0.3 is 10.1 Å². The summed E-state index contributed by atoms with van der Waals surface area (Å²) in [6.45, 7) is 4.55. The minimum absolute atomic E-state index is 0.431. The number of nitrogens with one attached hydrogen (secondary N) is 2. The third kappa shape index (κ3) is 3.57. The summed E-state index contributed by atoms with van der Waals surface area (Å²) in [5, 5.41) is 9.26. The second kappa shape index (κ2) is 6.70. The van der Waals surface area contributed by atoms with E-state index in [1.807, 2.05) is 24.3 Å². The van der Waals surface area contributed by atoms with Crippen LogP contribution in [0, 0.1) is 6.92 Å². The molecule has 1 heterocycles. The van der Waals surface area contributed by atoms with Crippen LogP contribution in [0.25, 0.3) is 0 Å². The Balaban J connectivity index is 2.20. The summed E-state index contributed by atoms with van der Waals surface area (Å²) in [5.41, 5.74) is 0.905. The predicted molar refractivity (Wildman–Crippen MR) is 77.5 cm³/mol. The van der Waals surface area contributed by atoms with Crippen LogP contribution < -0.4 is 15.7 Å². The first-order valence-electron chi connectivity index (χ1n) is 6.63. The number of nitrogens with zero attached hydrogens (tertiary/aromatic N) is 2. The monoisotopic (exact) mass is 274 g/mol.